The standard InChI is InChI=1S/C20H43NO2Si/c1-17(2)24(18(3)4,19(5)6)23-16-15-22-20-11-8-7-9-13-21-14-10-12-20/h17-21H,7-16H2,1-6H3. The Labute approximate surface area is 152 Å². The summed E-state index contributed by atoms with van der Waals surface area (Å²) in [5.41, 5.74) is 1.95. The van der Waals surface area contributed by atoms with Crippen LogP contribution in [-0.2, 0) is 9.16 Å². The highest BCUT2D eigenvalue weighted by atomic mass is 28.4. The number of ether oxygens (including phenoxy) is 1. The molecule has 1 heterocycles. The highest BCUT2D eigenvalue weighted by Crippen LogP contribution is 2.42. The van der Waals surface area contributed by atoms with Gasteiger partial charge in [0, 0.05) is 0 Å². The van der Waals surface area contributed by atoms with E-state index in [1.807, 2.05) is 0 Å². The molecule has 1 fully saturated rings. The van der Waals surface area contributed by atoms with Crippen LogP contribution in [0.3, 0.4) is 0 Å². The number of hydrogen-bond acceptors (Lipinski definition) is 3. The van der Waals surface area contributed by atoms with Crippen molar-refractivity contribution < 1.29 is 9.16 Å². The average Bonchev–Trinajstić information content (AvgIpc) is 2.52. The molecule has 1 saturated heterocycles. The quantitative estimate of drug-likeness (QED) is 0.459. The average molecular weight is 358 g/mol. The zero-order valence-electron chi connectivity index (χ0n) is 17.2. The third kappa shape index (κ3) is 6.78. The molecule has 0 spiro atoms. The van der Waals surface area contributed by atoms with Crippen LogP contribution >= 0.6 is 0 Å². The van der Waals surface area contributed by atoms with E-state index in [0.29, 0.717) is 22.7 Å². The smallest absolute Gasteiger partial charge is 0.200 e. The minimum absolute atomic E-state index is 0.432. The van der Waals surface area contributed by atoms with Gasteiger partial charge in [0.2, 0.25) is 0 Å². The van der Waals surface area contributed by atoms with E-state index in [0.717, 1.165) is 19.8 Å². The summed E-state index contributed by atoms with van der Waals surface area (Å²) >= 11 is 0. The monoisotopic (exact) mass is 357 g/mol. The maximum absolute atomic E-state index is 6.61. The predicted molar refractivity (Wildman–Crippen MR) is 107 cm³/mol. The normalized spacial score (nSPS) is 21.6. The van der Waals surface area contributed by atoms with Crippen LogP contribution in [0.25, 0.3) is 0 Å². The summed E-state index contributed by atoms with van der Waals surface area (Å²) in [6, 6.07) is 0. The van der Waals surface area contributed by atoms with Crippen LogP contribution in [-0.4, -0.2) is 40.7 Å². The first-order valence-corrected chi connectivity index (χ1v) is 12.5. The molecule has 0 aliphatic carbocycles. The van der Waals surface area contributed by atoms with Gasteiger partial charge in [-0.1, -0.05) is 54.4 Å². The highest BCUT2D eigenvalue weighted by molar-refractivity contribution is 6.77. The molecule has 1 rings (SSSR count). The fourth-order valence-corrected chi connectivity index (χ4v) is 10.1. The van der Waals surface area contributed by atoms with E-state index in [2.05, 4.69) is 46.9 Å². The van der Waals surface area contributed by atoms with Crippen LogP contribution in [0.1, 0.15) is 80.1 Å². The molecular weight excluding hydrogens is 314 g/mol. The third-order valence-corrected chi connectivity index (χ3v) is 11.9. The van der Waals surface area contributed by atoms with Gasteiger partial charge in [0.15, 0.2) is 8.32 Å². The van der Waals surface area contributed by atoms with E-state index in [4.69, 9.17) is 9.16 Å². The van der Waals surface area contributed by atoms with Crippen molar-refractivity contribution in [3.63, 3.8) is 0 Å². The van der Waals surface area contributed by atoms with Crippen molar-refractivity contribution in [2.45, 2.75) is 103 Å². The van der Waals surface area contributed by atoms with Crippen molar-refractivity contribution in [1.82, 2.24) is 5.32 Å². The lowest BCUT2D eigenvalue weighted by Crippen LogP contribution is -2.48. The van der Waals surface area contributed by atoms with Crippen LogP contribution in [0.15, 0.2) is 0 Å². The lowest BCUT2D eigenvalue weighted by atomic mass is 10.0. The fourth-order valence-electron chi connectivity index (χ4n) is 4.62. The summed E-state index contributed by atoms with van der Waals surface area (Å²) in [7, 11) is -1.74. The Morgan fingerprint density at radius 2 is 1.38 bits per heavy atom. The van der Waals surface area contributed by atoms with Gasteiger partial charge in [0.1, 0.15) is 0 Å². The van der Waals surface area contributed by atoms with Crippen molar-refractivity contribution in [3.8, 4) is 0 Å². The molecule has 1 N–H and O–H groups in total. The van der Waals surface area contributed by atoms with E-state index in [1.165, 1.54) is 45.1 Å². The summed E-state index contributed by atoms with van der Waals surface area (Å²) in [4.78, 5) is 0. The molecule has 0 aromatic rings. The summed E-state index contributed by atoms with van der Waals surface area (Å²) in [6.45, 7) is 18.0. The number of hydrogen-bond donors (Lipinski definition) is 1. The highest BCUT2D eigenvalue weighted by Gasteiger charge is 2.44. The zero-order chi connectivity index (χ0) is 18.0. The first kappa shape index (κ1) is 22.1. The fraction of sp³-hybridized carbons (Fsp3) is 1.00. The van der Waals surface area contributed by atoms with Crippen molar-refractivity contribution in [3.05, 3.63) is 0 Å². The zero-order valence-corrected chi connectivity index (χ0v) is 18.2. The van der Waals surface area contributed by atoms with Crippen LogP contribution in [0.5, 0.6) is 0 Å². The first-order chi connectivity index (χ1) is 11.4. The van der Waals surface area contributed by atoms with Gasteiger partial charge in [-0.15, -0.1) is 0 Å². The van der Waals surface area contributed by atoms with Crippen molar-refractivity contribution >= 4 is 8.32 Å². The SMILES string of the molecule is CC(C)[Si](OCCOC1CCCCCNCCC1)(C(C)C)C(C)C. The molecule has 0 aromatic heterocycles. The molecule has 0 bridgehead atoms. The molecule has 1 aliphatic rings. The minimum atomic E-state index is -1.74. The van der Waals surface area contributed by atoms with Gasteiger partial charge >= 0.3 is 0 Å². The van der Waals surface area contributed by atoms with E-state index >= 15 is 0 Å². The Hall–Kier alpha value is 0.0969. The van der Waals surface area contributed by atoms with Gasteiger partial charge in [-0.2, -0.15) is 0 Å². The second-order valence-corrected chi connectivity index (χ2v) is 13.9. The second kappa shape index (κ2) is 11.7. The van der Waals surface area contributed by atoms with E-state index < -0.39 is 8.32 Å². The Kier molecular flexibility index (Phi) is 10.8. The van der Waals surface area contributed by atoms with Crippen LogP contribution in [0, 0.1) is 0 Å². The van der Waals surface area contributed by atoms with Crippen LogP contribution in [0.4, 0.5) is 0 Å². The van der Waals surface area contributed by atoms with Gasteiger partial charge in [0.25, 0.3) is 0 Å². The van der Waals surface area contributed by atoms with Crippen LogP contribution in [0.2, 0.25) is 16.6 Å². The molecule has 144 valence electrons. The van der Waals surface area contributed by atoms with Crippen LogP contribution < -0.4 is 5.32 Å². The molecule has 0 saturated carbocycles. The Balaban J connectivity index is 2.43. The van der Waals surface area contributed by atoms with Gasteiger partial charge in [-0.05, 0) is 55.4 Å². The molecule has 0 amide bonds. The molecule has 1 atom stereocenters. The topological polar surface area (TPSA) is 30.5 Å². The minimum Gasteiger partial charge on any atom is -0.414 e. The largest absolute Gasteiger partial charge is 0.414 e. The van der Waals surface area contributed by atoms with Gasteiger partial charge < -0.3 is 14.5 Å². The second-order valence-electron chi connectivity index (χ2n) is 8.40. The van der Waals surface area contributed by atoms with Gasteiger partial charge in [-0.25, -0.2) is 0 Å². The molecule has 3 nitrogen and oxygen atoms in total. The number of nitrogens with one attached hydrogen (secondary N) is 1. The molecule has 0 aromatic carbocycles. The summed E-state index contributed by atoms with van der Waals surface area (Å²) in [5.74, 6) is 0. The van der Waals surface area contributed by atoms with Gasteiger partial charge in [0.05, 0.1) is 19.3 Å². The van der Waals surface area contributed by atoms with Crippen molar-refractivity contribution in [1.29, 1.82) is 0 Å². The van der Waals surface area contributed by atoms with E-state index in [9.17, 15) is 0 Å². The molecule has 1 unspecified atom stereocenters. The van der Waals surface area contributed by atoms with E-state index in [-0.39, 0.29) is 0 Å². The number of rotatable bonds is 8. The lowest BCUT2D eigenvalue weighted by Gasteiger charge is -2.42. The molecule has 0 radical (unpaired) electrons. The maximum Gasteiger partial charge on any atom is 0.200 e. The lowest BCUT2D eigenvalue weighted by molar-refractivity contribution is 0.0181. The summed E-state index contributed by atoms with van der Waals surface area (Å²) in [6.07, 6.45) is 8.01. The summed E-state index contributed by atoms with van der Waals surface area (Å²) in [5, 5.41) is 3.53. The third-order valence-electron chi connectivity index (χ3n) is 5.76. The van der Waals surface area contributed by atoms with Gasteiger partial charge in [-0.3, -0.25) is 0 Å². The van der Waals surface area contributed by atoms with Crippen molar-refractivity contribution in [2.75, 3.05) is 26.3 Å². The Bertz CT molecular complexity index is 289. The molecule has 1 aliphatic heterocycles. The maximum atomic E-state index is 6.61. The first-order valence-electron chi connectivity index (χ1n) is 10.4. The predicted octanol–water partition coefficient (Wildman–Crippen LogP) is 5.51. The molecule has 24 heavy (non-hydrogen) atoms. The Morgan fingerprint density at radius 3 is 2.00 bits per heavy atom. The Morgan fingerprint density at radius 1 is 0.792 bits per heavy atom. The van der Waals surface area contributed by atoms with E-state index in [1.54, 1.807) is 0 Å². The molecular formula is C20H43NO2Si. The molecule has 4 heteroatoms. The summed E-state index contributed by atoms with van der Waals surface area (Å²) < 4.78 is 12.8. The van der Waals surface area contributed by atoms with Crippen molar-refractivity contribution in [2.24, 2.45) is 0 Å².